The topological polar surface area (TPSA) is 79.8 Å². The van der Waals surface area contributed by atoms with Crippen molar-refractivity contribution in [1.82, 2.24) is 19.9 Å². The van der Waals surface area contributed by atoms with Crippen LogP contribution < -0.4 is 10.9 Å². The molecule has 2 aromatic heterocycles. The zero-order valence-corrected chi connectivity index (χ0v) is 16.4. The van der Waals surface area contributed by atoms with Crippen LogP contribution in [0.25, 0.3) is 5.69 Å². The van der Waals surface area contributed by atoms with Crippen LogP contribution in [-0.2, 0) is 11.3 Å². The summed E-state index contributed by atoms with van der Waals surface area (Å²) in [5, 5.41) is 3.57. The first-order valence-electron chi connectivity index (χ1n) is 8.64. The van der Waals surface area contributed by atoms with Crippen LogP contribution in [0.15, 0.2) is 52.7 Å². The molecule has 3 aromatic rings. The third kappa shape index (κ3) is 4.49. The lowest BCUT2D eigenvalue weighted by molar-refractivity contribution is -0.118. The number of aromatic amines is 1. The van der Waals surface area contributed by atoms with Crippen molar-refractivity contribution in [3.8, 4) is 5.69 Å². The highest BCUT2D eigenvalue weighted by Gasteiger charge is 2.11. The van der Waals surface area contributed by atoms with Gasteiger partial charge in [0.05, 0.1) is 11.4 Å². The van der Waals surface area contributed by atoms with E-state index in [1.165, 1.54) is 11.8 Å². The van der Waals surface area contributed by atoms with E-state index in [9.17, 15) is 9.59 Å². The number of rotatable bonds is 6. The molecule has 0 aliphatic rings. The predicted molar refractivity (Wildman–Crippen MR) is 107 cm³/mol. The summed E-state index contributed by atoms with van der Waals surface area (Å²) in [4.78, 5) is 31.4. The first kappa shape index (κ1) is 19.0. The summed E-state index contributed by atoms with van der Waals surface area (Å²) in [6.45, 7) is 5.96. The summed E-state index contributed by atoms with van der Waals surface area (Å²) < 4.78 is 1.97. The Kier molecular flexibility index (Phi) is 5.81. The predicted octanol–water partition coefficient (Wildman–Crippen LogP) is 2.89. The summed E-state index contributed by atoms with van der Waals surface area (Å²) in [7, 11) is 0. The summed E-state index contributed by atoms with van der Waals surface area (Å²) in [5.74, 6) is 0.0878. The van der Waals surface area contributed by atoms with Crippen molar-refractivity contribution >= 4 is 17.7 Å². The van der Waals surface area contributed by atoms with Gasteiger partial charge in [-0.1, -0.05) is 30.0 Å². The van der Waals surface area contributed by atoms with Crippen molar-refractivity contribution in [2.45, 2.75) is 32.5 Å². The number of hydrogen-bond acceptors (Lipinski definition) is 4. The van der Waals surface area contributed by atoms with Gasteiger partial charge < -0.3 is 10.3 Å². The Bertz CT molecular complexity index is 1020. The minimum Gasteiger partial charge on any atom is -0.351 e. The third-order valence-electron chi connectivity index (χ3n) is 4.27. The lowest BCUT2D eigenvalue weighted by Crippen LogP contribution is -2.29. The Balaban J connectivity index is 1.62. The highest BCUT2D eigenvalue weighted by atomic mass is 32.2. The first-order chi connectivity index (χ1) is 13.0. The van der Waals surface area contributed by atoms with Gasteiger partial charge in [-0.25, -0.2) is 4.98 Å². The first-order valence-corrected chi connectivity index (χ1v) is 9.62. The van der Waals surface area contributed by atoms with Gasteiger partial charge in [-0.3, -0.25) is 14.2 Å². The van der Waals surface area contributed by atoms with Gasteiger partial charge in [0, 0.05) is 30.2 Å². The van der Waals surface area contributed by atoms with E-state index in [0.717, 1.165) is 27.7 Å². The monoisotopic (exact) mass is 382 g/mol. The van der Waals surface area contributed by atoms with Gasteiger partial charge in [0.15, 0.2) is 5.16 Å². The minimum atomic E-state index is -0.157. The van der Waals surface area contributed by atoms with E-state index in [0.29, 0.717) is 5.56 Å². The van der Waals surface area contributed by atoms with Crippen molar-refractivity contribution in [3.05, 3.63) is 75.5 Å². The average molecular weight is 382 g/mol. The van der Waals surface area contributed by atoms with Crippen LogP contribution in [0, 0.1) is 20.8 Å². The zero-order chi connectivity index (χ0) is 19.4. The molecule has 0 fully saturated rings. The normalized spacial score (nSPS) is 10.8. The molecular weight excluding hydrogens is 360 g/mol. The fourth-order valence-electron chi connectivity index (χ4n) is 2.88. The molecule has 0 saturated carbocycles. The number of pyridine rings is 1. The smallest absolute Gasteiger partial charge is 0.253 e. The molecule has 1 aromatic carbocycles. The Hall–Kier alpha value is -2.80. The Morgan fingerprint density at radius 1 is 1.22 bits per heavy atom. The lowest BCUT2D eigenvalue weighted by atomic mass is 10.1. The highest BCUT2D eigenvalue weighted by molar-refractivity contribution is 7.99. The molecular formula is C20H22N4O2S. The Morgan fingerprint density at radius 2 is 2.00 bits per heavy atom. The number of aryl methyl sites for hydroxylation is 3. The van der Waals surface area contributed by atoms with Gasteiger partial charge in [0.25, 0.3) is 5.56 Å². The van der Waals surface area contributed by atoms with Gasteiger partial charge >= 0.3 is 0 Å². The van der Waals surface area contributed by atoms with E-state index >= 15 is 0 Å². The molecule has 0 unspecified atom stereocenters. The number of amides is 1. The second-order valence-electron chi connectivity index (χ2n) is 6.37. The Labute approximate surface area is 162 Å². The van der Waals surface area contributed by atoms with Gasteiger partial charge in [-0.05, 0) is 44.0 Å². The van der Waals surface area contributed by atoms with Crippen molar-refractivity contribution in [2.75, 3.05) is 5.75 Å². The third-order valence-corrected chi connectivity index (χ3v) is 5.24. The van der Waals surface area contributed by atoms with E-state index in [2.05, 4.69) is 15.3 Å². The van der Waals surface area contributed by atoms with Crippen LogP contribution in [0.4, 0.5) is 0 Å². The largest absolute Gasteiger partial charge is 0.351 e. The number of imidazole rings is 1. The van der Waals surface area contributed by atoms with Crippen molar-refractivity contribution in [3.63, 3.8) is 0 Å². The van der Waals surface area contributed by atoms with Crippen molar-refractivity contribution in [2.24, 2.45) is 0 Å². The number of nitrogens with one attached hydrogen (secondary N) is 2. The number of H-pyrrole nitrogens is 1. The molecule has 0 radical (unpaired) electrons. The molecule has 27 heavy (non-hydrogen) atoms. The van der Waals surface area contributed by atoms with Gasteiger partial charge in [0.1, 0.15) is 0 Å². The van der Waals surface area contributed by atoms with Crippen LogP contribution >= 0.6 is 11.8 Å². The molecule has 0 aliphatic carbocycles. The maximum atomic E-state index is 12.2. The second-order valence-corrected chi connectivity index (χ2v) is 7.32. The van der Waals surface area contributed by atoms with Crippen LogP contribution in [0.2, 0.25) is 0 Å². The fourth-order valence-corrected chi connectivity index (χ4v) is 3.68. The van der Waals surface area contributed by atoms with Crippen LogP contribution in [0.5, 0.6) is 0 Å². The second kappa shape index (κ2) is 8.26. The van der Waals surface area contributed by atoms with Crippen LogP contribution in [-0.4, -0.2) is 26.2 Å². The highest BCUT2D eigenvalue weighted by Crippen LogP contribution is 2.22. The standard InChI is InChI=1S/C20H22N4O2S/c1-13-6-4-5-7-17(13)24-9-8-21-20(24)27-12-18(25)22-11-16-14(2)10-15(3)23-19(16)26/h4-10H,11-12H2,1-3H3,(H,22,25)(H,23,26). The number of carbonyl (C=O) groups excluding carboxylic acids is 1. The summed E-state index contributed by atoms with van der Waals surface area (Å²) in [6, 6.07) is 9.93. The molecule has 140 valence electrons. The zero-order valence-electron chi connectivity index (χ0n) is 15.6. The number of benzene rings is 1. The molecule has 3 rings (SSSR count). The maximum absolute atomic E-state index is 12.2. The van der Waals surface area contributed by atoms with E-state index < -0.39 is 0 Å². The molecule has 1 amide bonds. The van der Waals surface area contributed by atoms with Crippen LogP contribution in [0.3, 0.4) is 0 Å². The molecule has 0 atom stereocenters. The lowest BCUT2D eigenvalue weighted by Gasteiger charge is -2.11. The van der Waals surface area contributed by atoms with Crippen LogP contribution in [0.1, 0.15) is 22.4 Å². The molecule has 0 bridgehead atoms. The fraction of sp³-hybridized carbons (Fsp3) is 0.250. The van der Waals surface area contributed by atoms with E-state index in [4.69, 9.17) is 0 Å². The van der Waals surface area contributed by atoms with E-state index in [-0.39, 0.29) is 23.8 Å². The minimum absolute atomic E-state index is 0.140. The molecule has 6 nitrogen and oxygen atoms in total. The molecule has 0 spiro atoms. The maximum Gasteiger partial charge on any atom is 0.253 e. The van der Waals surface area contributed by atoms with E-state index in [1.54, 1.807) is 6.20 Å². The summed E-state index contributed by atoms with van der Waals surface area (Å²) >= 11 is 1.37. The van der Waals surface area contributed by atoms with Gasteiger partial charge in [0.2, 0.25) is 5.91 Å². The number of thioether (sulfide) groups is 1. The van der Waals surface area contributed by atoms with Gasteiger partial charge in [-0.2, -0.15) is 0 Å². The molecule has 0 aliphatic heterocycles. The summed E-state index contributed by atoms with van der Waals surface area (Å²) in [5.41, 5.74) is 4.29. The summed E-state index contributed by atoms with van der Waals surface area (Å²) in [6.07, 6.45) is 3.61. The van der Waals surface area contributed by atoms with Crippen molar-refractivity contribution < 1.29 is 4.79 Å². The molecule has 2 heterocycles. The quantitative estimate of drug-likeness (QED) is 0.643. The SMILES string of the molecule is Cc1cc(C)c(CNC(=O)CSc2nccn2-c2ccccc2C)c(=O)[nH]1. The molecule has 0 saturated heterocycles. The number of carbonyl (C=O) groups is 1. The number of nitrogens with zero attached hydrogens (tertiary/aromatic N) is 2. The van der Waals surface area contributed by atoms with Crippen molar-refractivity contribution in [1.29, 1.82) is 0 Å². The van der Waals surface area contributed by atoms with Gasteiger partial charge in [-0.15, -0.1) is 0 Å². The molecule has 7 heteroatoms. The molecule has 2 N–H and O–H groups in total. The average Bonchev–Trinajstić information content (AvgIpc) is 3.07. The number of aromatic nitrogens is 3. The number of para-hydroxylation sites is 1. The number of hydrogen-bond donors (Lipinski definition) is 2. The van der Waals surface area contributed by atoms with E-state index in [1.807, 2.05) is 61.9 Å². The Morgan fingerprint density at radius 3 is 2.74 bits per heavy atom.